The Hall–Kier alpha value is -0.710. The fourth-order valence-corrected chi connectivity index (χ4v) is 2.91. The van der Waals surface area contributed by atoms with Gasteiger partial charge >= 0.3 is 6.03 Å². The zero-order valence-electron chi connectivity index (χ0n) is 6.79. The van der Waals surface area contributed by atoms with Gasteiger partial charge in [0.2, 0.25) is 0 Å². The molecule has 66 valence electrons. The molecule has 0 aromatic carbocycles. The molecule has 0 aromatic rings. The van der Waals surface area contributed by atoms with Crippen molar-refractivity contribution in [3.63, 3.8) is 0 Å². The second-order valence-corrected chi connectivity index (χ2v) is 4.28. The first-order valence-corrected chi connectivity index (χ1v) is 4.99. The van der Waals surface area contributed by atoms with E-state index in [1.165, 1.54) is 11.9 Å². The Labute approximate surface area is 74.7 Å². The first-order valence-electron chi connectivity index (χ1n) is 3.84. The molecule has 3 amide bonds. The summed E-state index contributed by atoms with van der Waals surface area (Å²) in [6, 6.07) is -0.262. The second kappa shape index (κ2) is 2.39. The Morgan fingerprint density at radius 2 is 2.33 bits per heavy atom. The van der Waals surface area contributed by atoms with Crippen LogP contribution in [0.3, 0.4) is 0 Å². The Morgan fingerprint density at radius 3 is 2.75 bits per heavy atom. The Morgan fingerprint density at radius 1 is 1.58 bits per heavy atom. The second-order valence-electron chi connectivity index (χ2n) is 3.18. The number of nitrogens with zero attached hydrogens (tertiary/aromatic N) is 1. The summed E-state index contributed by atoms with van der Waals surface area (Å²) in [5, 5.41) is 2.75. The van der Waals surface area contributed by atoms with Crippen LogP contribution in [0.4, 0.5) is 4.79 Å². The van der Waals surface area contributed by atoms with E-state index >= 15 is 0 Å². The number of nitrogens with one attached hydrogen (secondary N) is 1. The highest BCUT2D eigenvalue weighted by atomic mass is 32.2. The zero-order valence-corrected chi connectivity index (χ0v) is 7.61. The largest absolute Gasteiger partial charge is 0.324 e. The van der Waals surface area contributed by atoms with Crippen molar-refractivity contribution in [2.45, 2.75) is 12.0 Å². The van der Waals surface area contributed by atoms with Gasteiger partial charge in [0.1, 0.15) is 5.54 Å². The molecule has 1 N–H and O–H groups in total. The molecule has 1 spiro atoms. The third-order valence-corrected chi connectivity index (χ3v) is 3.58. The molecule has 2 heterocycles. The molecule has 12 heavy (non-hydrogen) atoms. The van der Waals surface area contributed by atoms with E-state index in [-0.39, 0.29) is 11.9 Å². The molecule has 0 aromatic heterocycles. The van der Waals surface area contributed by atoms with Gasteiger partial charge in [-0.1, -0.05) is 0 Å². The lowest BCUT2D eigenvalue weighted by atomic mass is 10.00. The number of imide groups is 1. The van der Waals surface area contributed by atoms with Crippen molar-refractivity contribution in [2.75, 3.05) is 18.6 Å². The van der Waals surface area contributed by atoms with Gasteiger partial charge in [-0.3, -0.25) is 9.69 Å². The third-order valence-electron chi connectivity index (χ3n) is 2.39. The minimum atomic E-state index is -0.559. The fourth-order valence-electron chi connectivity index (χ4n) is 1.59. The normalized spacial score (nSPS) is 34.9. The quantitative estimate of drug-likeness (QED) is 0.543. The van der Waals surface area contributed by atoms with E-state index in [9.17, 15) is 9.59 Å². The lowest BCUT2D eigenvalue weighted by Gasteiger charge is -2.17. The van der Waals surface area contributed by atoms with Crippen LogP contribution in [0.2, 0.25) is 0 Å². The van der Waals surface area contributed by atoms with Gasteiger partial charge in [-0.2, -0.15) is 11.8 Å². The summed E-state index contributed by atoms with van der Waals surface area (Å²) in [6.07, 6.45) is 0.770. The van der Waals surface area contributed by atoms with E-state index in [1.54, 1.807) is 11.8 Å². The summed E-state index contributed by atoms with van der Waals surface area (Å²) in [5.41, 5.74) is -0.559. The lowest BCUT2D eigenvalue weighted by Crippen LogP contribution is -2.46. The maximum Gasteiger partial charge on any atom is 0.324 e. The van der Waals surface area contributed by atoms with Gasteiger partial charge in [0.15, 0.2) is 0 Å². The molecule has 0 aliphatic carbocycles. The molecular formula is C7H10N2O2S. The van der Waals surface area contributed by atoms with Crippen LogP contribution in [0.5, 0.6) is 0 Å². The van der Waals surface area contributed by atoms with Gasteiger partial charge in [-0.25, -0.2) is 4.79 Å². The molecule has 0 radical (unpaired) electrons. The van der Waals surface area contributed by atoms with Gasteiger partial charge in [0.05, 0.1) is 0 Å². The molecule has 0 bridgehead atoms. The van der Waals surface area contributed by atoms with E-state index < -0.39 is 5.54 Å². The molecule has 2 rings (SSSR count). The maximum atomic E-state index is 11.6. The number of rotatable bonds is 0. The summed E-state index contributed by atoms with van der Waals surface area (Å²) < 4.78 is 0. The van der Waals surface area contributed by atoms with Crippen LogP contribution in [0.25, 0.3) is 0 Å². The van der Waals surface area contributed by atoms with Crippen LogP contribution in [-0.4, -0.2) is 40.9 Å². The number of likely N-dealkylation sites (N-methyl/N-ethyl adjacent to an activating group) is 1. The molecule has 2 saturated heterocycles. The van der Waals surface area contributed by atoms with Crippen LogP contribution in [0.1, 0.15) is 6.42 Å². The third kappa shape index (κ3) is 0.857. The van der Waals surface area contributed by atoms with Crippen LogP contribution < -0.4 is 5.32 Å². The number of hydrogen-bond donors (Lipinski definition) is 1. The van der Waals surface area contributed by atoms with Crippen LogP contribution >= 0.6 is 11.8 Å². The lowest BCUT2D eigenvalue weighted by molar-refractivity contribution is -0.129. The fraction of sp³-hybridized carbons (Fsp3) is 0.714. The molecule has 2 fully saturated rings. The van der Waals surface area contributed by atoms with Gasteiger partial charge in [0, 0.05) is 12.8 Å². The van der Waals surface area contributed by atoms with Crippen molar-refractivity contribution in [1.29, 1.82) is 0 Å². The zero-order chi connectivity index (χ0) is 8.77. The first-order chi connectivity index (χ1) is 5.66. The number of amides is 3. The SMILES string of the molecule is CN1C(=O)NC2(CCSC2)C1=O. The van der Waals surface area contributed by atoms with Crippen LogP contribution in [-0.2, 0) is 4.79 Å². The molecular weight excluding hydrogens is 176 g/mol. The molecule has 1 unspecified atom stereocenters. The Kier molecular flexibility index (Phi) is 1.57. The van der Waals surface area contributed by atoms with Crippen LogP contribution in [0, 0.1) is 0 Å². The summed E-state index contributed by atoms with van der Waals surface area (Å²) in [7, 11) is 1.52. The molecule has 2 aliphatic rings. The van der Waals surface area contributed by atoms with E-state index in [2.05, 4.69) is 5.32 Å². The monoisotopic (exact) mass is 186 g/mol. The van der Waals surface area contributed by atoms with E-state index in [0.717, 1.165) is 17.9 Å². The first kappa shape index (κ1) is 7.91. The molecule has 2 aliphatic heterocycles. The van der Waals surface area contributed by atoms with Gasteiger partial charge in [0.25, 0.3) is 5.91 Å². The number of hydrogen-bond acceptors (Lipinski definition) is 3. The van der Waals surface area contributed by atoms with Crippen molar-refractivity contribution in [3.05, 3.63) is 0 Å². The summed E-state index contributed by atoms with van der Waals surface area (Å²) in [6.45, 7) is 0. The Bertz CT molecular complexity index is 248. The predicted octanol–water partition coefficient (Wildman–Crippen LogP) is 0.0437. The standard InChI is InChI=1S/C7H10N2O2S/c1-9-5(10)7(8-6(9)11)2-3-12-4-7/h2-4H2,1H3,(H,8,11). The maximum absolute atomic E-state index is 11.6. The number of carbonyl (C=O) groups is 2. The van der Waals surface area contributed by atoms with Crippen molar-refractivity contribution in [1.82, 2.24) is 10.2 Å². The van der Waals surface area contributed by atoms with E-state index in [0.29, 0.717) is 0 Å². The van der Waals surface area contributed by atoms with Crippen molar-refractivity contribution < 1.29 is 9.59 Å². The average Bonchev–Trinajstić information content (AvgIpc) is 2.57. The molecule has 0 saturated carbocycles. The van der Waals surface area contributed by atoms with E-state index in [4.69, 9.17) is 0 Å². The van der Waals surface area contributed by atoms with E-state index in [1.807, 2.05) is 0 Å². The summed E-state index contributed by atoms with van der Waals surface area (Å²) in [4.78, 5) is 23.9. The Balaban J connectivity index is 2.29. The van der Waals surface area contributed by atoms with Gasteiger partial charge in [-0.15, -0.1) is 0 Å². The minimum Gasteiger partial charge on any atom is -0.322 e. The number of carbonyl (C=O) groups excluding carboxylic acids is 2. The average molecular weight is 186 g/mol. The number of urea groups is 1. The molecule has 4 nitrogen and oxygen atoms in total. The molecule has 1 atom stereocenters. The van der Waals surface area contributed by atoms with Crippen molar-refractivity contribution in [2.24, 2.45) is 0 Å². The minimum absolute atomic E-state index is 0.0718. The van der Waals surface area contributed by atoms with Crippen molar-refractivity contribution >= 4 is 23.7 Å². The predicted molar refractivity (Wildman–Crippen MR) is 46.0 cm³/mol. The van der Waals surface area contributed by atoms with Gasteiger partial charge < -0.3 is 5.32 Å². The number of thioether (sulfide) groups is 1. The summed E-state index contributed by atoms with van der Waals surface area (Å²) >= 11 is 1.72. The summed E-state index contributed by atoms with van der Waals surface area (Å²) in [5.74, 6) is 1.61. The van der Waals surface area contributed by atoms with Crippen LogP contribution in [0.15, 0.2) is 0 Å². The van der Waals surface area contributed by atoms with Gasteiger partial charge in [-0.05, 0) is 12.2 Å². The molecule has 5 heteroatoms. The topological polar surface area (TPSA) is 49.4 Å². The highest BCUT2D eigenvalue weighted by Gasteiger charge is 2.51. The highest BCUT2D eigenvalue weighted by molar-refractivity contribution is 7.99. The van der Waals surface area contributed by atoms with Crippen molar-refractivity contribution in [3.8, 4) is 0 Å². The highest BCUT2D eigenvalue weighted by Crippen LogP contribution is 2.32. The smallest absolute Gasteiger partial charge is 0.322 e.